The highest BCUT2D eigenvalue weighted by Crippen LogP contribution is 2.26. The van der Waals surface area contributed by atoms with Crippen molar-refractivity contribution in [3.05, 3.63) is 71.8 Å². The van der Waals surface area contributed by atoms with Crippen molar-refractivity contribution in [1.82, 2.24) is 0 Å². The van der Waals surface area contributed by atoms with Gasteiger partial charge in [0.15, 0.2) is 11.4 Å². The van der Waals surface area contributed by atoms with E-state index < -0.39 is 5.54 Å². The van der Waals surface area contributed by atoms with Crippen LogP contribution in [0, 0.1) is 0 Å². The maximum atomic E-state index is 12.2. The first-order chi connectivity index (χ1) is 10.2. The zero-order valence-electron chi connectivity index (χ0n) is 12.0. The average molecular weight is 279 g/mol. The minimum Gasteiger partial charge on any atom is -0.410 e. The Bertz CT molecular complexity index is 664. The number of rotatable bonds is 4. The van der Waals surface area contributed by atoms with Gasteiger partial charge in [-0.1, -0.05) is 60.7 Å². The summed E-state index contributed by atoms with van der Waals surface area (Å²) in [7, 11) is 0. The van der Waals surface area contributed by atoms with E-state index in [1.807, 2.05) is 67.6 Å². The maximum Gasteiger partial charge on any atom is 0.340 e. The van der Waals surface area contributed by atoms with E-state index in [0.29, 0.717) is 18.7 Å². The van der Waals surface area contributed by atoms with Gasteiger partial charge in [0, 0.05) is 12.8 Å². The summed E-state index contributed by atoms with van der Waals surface area (Å²) >= 11 is 0. The van der Waals surface area contributed by atoms with Crippen LogP contribution in [-0.4, -0.2) is 17.4 Å². The summed E-state index contributed by atoms with van der Waals surface area (Å²) in [6, 6.07) is 19.8. The van der Waals surface area contributed by atoms with Crippen LogP contribution in [0.15, 0.2) is 65.7 Å². The second-order valence-corrected chi connectivity index (χ2v) is 5.49. The molecule has 21 heavy (non-hydrogen) atoms. The van der Waals surface area contributed by atoms with Crippen molar-refractivity contribution in [1.29, 1.82) is 0 Å². The van der Waals surface area contributed by atoms with Gasteiger partial charge < -0.3 is 4.74 Å². The molecule has 1 aliphatic rings. The summed E-state index contributed by atoms with van der Waals surface area (Å²) in [4.78, 5) is 16.7. The number of ether oxygens (including phenoxy) is 1. The molecule has 0 bridgehead atoms. The lowest BCUT2D eigenvalue weighted by Gasteiger charge is -2.15. The molecule has 1 heterocycles. The van der Waals surface area contributed by atoms with E-state index in [1.165, 1.54) is 0 Å². The van der Waals surface area contributed by atoms with E-state index in [1.54, 1.807) is 0 Å². The number of hydrogen-bond acceptors (Lipinski definition) is 3. The van der Waals surface area contributed by atoms with E-state index in [4.69, 9.17) is 4.74 Å². The van der Waals surface area contributed by atoms with Gasteiger partial charge in [-0.25, -0.2) is 9.79 Å². The molecule has 106 valence electrons. The van der Waals surface area contributed by atoms with Crippen molar-refractivity contribution >= 4 is 11.9 Å². The second kappa shape index (κ2) is 5.52. The van der Waals surface area contributed by atoms with E-state index in [0.717, 1.165) is 11.1 Å². The summed E-state index contributed by atoms with van der Waals surface area (Å²) in [6.45, 7) is 1.83. The third kappa shape index (κ3) is 3.02. The molecule has 0 radical (unpaired) electrons. The highest BCUT2D eigenvalue weighted by molar-refractivity contribution is 6.00. The highest BCUT2D eigenvalue weighted by Gasteiger charge is 2.41. The van der Waals surface area contributed by atoms with Gasteiger partial charge in [0.2, 0.25) is 0 Å². The summed E-state index contributed by atoms with van der Waals surface area (Å²) in [5, 5.41) is 0. The average Bonchev–Trinajstić information content (AvgIpc) is 2.75. The number of carbonyl (C=O) groups is 1. The molecule has 0 amide bonds. The molecule has 0 fully saturated rings. The molecule has 3 heteroatoms. The molecule has 3 rings (SSSR count). The van der Waals surface area contributed by atoms with Gasteiger partial charge >= 0.3 is 5.97 Å². The number of cyclic esters (lactones) is 1. The maximum absolute atomic E-state index is 12.2. The molecule has 1 aliphatic heterocycles. The van der Waals surface area contributed by atoms with Crippen LogP contribution in [0.4, 0.5) is 0 Å². The van der Waals surface area contributed by atoms with Gasteiger partial charge in [-0.15, -0.1) is 0 Å². The van der Waals surface area contributed by atoms with Crippen LogP contribution in [0.2, 0.25) is 0 Å². The zero-order valence-corrected chi connectivity index (χ0v) is 12.0. The monoisotopic (exact) mass is 279 g/mol. The number of aliphatic imine (C=N–C) groups is 1. The van der Waals surface area contributed by atoms with E-state index in [9.17, 15) is 4.79 Å². The predicted octanol–water partition coefficient (Wildman–Crippen LogP) is 3.19. The molecule has 0 saturated heterocycles. The third-order valence-corrected chi connectivity index (χ3v) is 3.61. The molecule has 0 saturated carbocycles. The van der Waals surface area contributed by atoms with Crippen molar-refractivity contribution < 1.29 is 9.53 Å². The zero-order chi connectivity index (χ0) is 14.7. The Labute approximate surface area is 124 Å². The molecule has 2 aromatic rings. The molecule has 0 N–H and O–H groups in total. The third-order valence-electron chi connectivity index (χ3n) is 3.61. The molecule has 3 nitrogen and oxygen atoms in total. The molecule has 0 aliphatic carbocycles. The Morgan fingerprint density at radius 1 is 0.952 bits per heavy atom. The highest BCUT2D eigenvalue weighted by atomic mass is 16.6. The molecule has 0 spiro atoms. The minimum atomic E-state index is -0.814. The van der Waals surface area contributed by atoms with Gasteiger partial charge in [-0.2, -0.15) is 0 Å². The molecule has 2 aromatic carbocycles. The lowest BCUT2D eigenvalue weighted by molar-refractivity contribution is -0.138. The van der Waals surface area contributed by atoms with Crippen LogP contribution in [0.5, 0.6) is 0 Å². The first kappa shape index (κ1) is 13.6. The predicted molar refractivity (Wildman–Crippen MR) is 82.2 cm³/mol. The summed E-state index contributed by atoms with van der Waals surface area (Å²) < 4.78 is 5.36. The number of esters is 1. The van der Waals surface area contributed by atoms with Crippen LogP contribution in [-0.2, 0) is 22.4 Å². The van der Waals surface area contributed by atoms with Crippen LogP contribution in [0.1, 0.15) is 18.1 Å². The Hall–Kier alpha value is -2.42. The standard InChI is InChI=1S/C18H17NO2/c1-18(13-15-10-6-3-7-11-15)17(20)21-16(19-18)12-14-8-4-2-5-9-14/h2-11H,12-13H2,1H3. The van der Waals surface area contributed by atoms with Crippen LogP contribution in [0.3, 0.4) is 0 Å². The SMILES string of the molecule is CC1(Cc2ccccc2)N=C(Cc2ccccc2)OC1=O. The number of carbonyl (C=O) groups excluding carboxylic acids is 1. The first-order valence-electron chi connectivity index (χ1n) is 7.05. The van der Waals surface area contributed by atoms with E-state index in [-0.39, 0.29) is 5.97 Å². The Morgan fingerprint density at radius 3 is 2.14 bits per heavy atom. The fourth-order valence-corrected chi connectivity index (χ4v) is 2.51. The Balaban J connectivity index is 1.78. The Morgan fingerprint density at radius 2 is 1.52 bits per heavy atom. The van der Waals surface area contributed by atoms with Crippen LogP contribution in [0.25, 0.3) is 0 Å². The fourth-order valence-electron chi connectivity index (χ4n) is 2.51. The first-order valence-corrected chi connectivity index (χ1v) is 7.05. The smallest absolute Gasteiger partial charge is 0.340 e. The van der Waals surface area contributed by atoms with E-state index >= 15 is 0 Å². The van der Waals surface area contributed by atoms with Gasteiger partial charge in [0.1, 0.15) is 0 Å². The molecular weight excluding hydrogens is 262 g/mol. The normalized spacial score (nSPS) is 21.0. The fraction of sp³-hybridized carbons (Fsp3) is 0.222. The minimum absolute atomic E-state index is 0.266. The topological polar surface area (TPSA) is 38.7 Å². The second-order valence-electron chi connectivity index (χ2n) is 5.49. The molecule has 1 unspecified atom stereocenters. The lowest BCUT2D eigenvalue weighted by atomic mass is 9.94. The van der Waals surface area contributed by atoms with Crippen molar-refractivity contribution in [2.75, 3.05) is 0 Å². The van der Waals surface area contributed by atoms with Crippen molar-refractivity contribution in [2.24, 2.45) is 4.99 Å². The number of nitrogens with zero attached hydrogens (tertiary/aromatic N) is 1. The van der Waals surface area contributed by atoms with E-state index in [2.05, 4.69) is 4.99 Å². The van der Waals surface area contributed by atoms with Crippen molar-refractivity contribution in [3.63, 3.8) is 0 Å². The molecule has 1 atom stereocenters. The Kier molecular flexibility index (Phi) is 3.57. The van der Waals surface area contributed by atoms with Crippen LogP contribution >= 0.6 is 0 Å². The van der Waals surface area contributed by atoms with Gasteiger partial charge in [0.05, 0.1) is 0 Å². The molecule has 0 aromatic heterocycles. The summed E-state index contributed by atoms with van der Waals surface area (Å²) in [5.41, 5.74) is 1.36. The summed E-state index contributed by atoms with van der Waals surface area (Å²) in [5.74, 6) is 0.238. The largest absolute Gasteiger partial charge is 0.410 e. The summed E-state index contributed by atoms with van der Waals surface area (Å²) in [6.07, 6.45) is 1.11. The number of benzene rings is 2. The van der Waals surface area contributed by atoms with Crippen molar-refractivity contribution in [3.8, 4) is 0 Å². The lowest BCUT2D eigenvalue weighted by Crippen LogP contribution is -2.32. The van der Waals surface area contributed by atoms with Gasteiger partial charge in [-0.3, -0.25) is 0 Å². The van der Waals surface area contributed by atoms with Crippen molar-refractivity contribution in [2.45, 2.75) is 25.3 Å². The molecular formula is C18H17NO2. The van der Waals surface area contributed by atoms with Gasteiger partial charge in [-0.05, 0) is 18.1 Å². The quantitative estimate of drug-likeness (QED) is 0.806. The van der Waals surface area contributed by atoms with Gasteiger partial charge in [0.25, 0.3) is 0 Å². The van der Waals surface area contributed by atoms with Crippen LogP contribution < -0.4 is 0 Å². The number of hydrogen-bond donors (Lipinski definition) is 0.